The van der Waals surface area contributed by atoms with Crippen LogP contribution in [0.2, 0.25) is 10.0 Å². The smallest absolute Gasteiger partial charge is 0.416 e. The van der Waals surface area contributed by atoms with Gasteiger partial charge in [0.1, 0.15) is 18.1 Å². The summed E-state index contributed by atoms with van der Waals surface area (Å²) in [4.78, 5) is 14.9. The van der Waals surface area contributed by atoms with Crippen molar-refractivity contribution in [1.82, 2.24) is 4.90 Å². The molecule has 0 bridgehead atoms. The number of carbonyl (C=O) groups is 1. The van der Waals surface area contributed by atoms with E-state index in [0.29, 0.717) is 35.2 Å². The first kappa shape index (κ1) is 27.7. The highest BCUT2D eigenvalue weighted by molar-refractivity contribution is 6.35. The topological polar surface area (TPSA) is 57.2 Å². The summed E-state index contributed by atoms with van der Waals surface area (Å²) >= 11 is 12.1. The molecule has 6 nitrogen and oxygen atoms in total. The molecule has 0 N–H and O–H groups in total. The molecule has 0 saturated carbocycles. The quantitative estimate of drug-likeness (QED) is 0.305. The number of hydrogen-bond donors (Lipinski definition) is 0. The molecule has 11 heteroatoms. The van der Waals surface area contributed by atoms with Crippen LogP contribution in [0.5, 0.6) is 23.0 Å². The fourth-order valence-corrected chi connectivity index (χ4v) is 4.72. The highest BCUT2D eigenvalue weighted by Crippen LogP contribution is 2.39. The number of halogens is 5. The molecule has 38 heavy (non-hydrogen) atoms. The number of nitrogens with zero attached hydrogens (tertiary/aromatic N) is 1. The van der Waals surface area contributed by atoms with Crippen LogP contribution in [0.3, 0.4) is 0 Å². The molecule has 1 heterocycles. The Bertz CT molecular complexity index is 1320. The third kappa shape index (κ3) is 6.22. The van der Waals surface area contributed by atoms with E-state index >= 15 is 0 Å². The minimum Gasteiger partial charge on any atom is -0.493 e. The molecule has 0 aromatic heterocycles. The van der Waals surface area contributed by atoms with Crippen LogP contribution in [-0.2, 0) is 17.4 Å². The highest BCUT2D eigenvalue weighted by atomic mass is 35.5. The minimum atomic E-state index is -4.51. The summed E-state index contributed by atoms with van der Waals surface area (Å²) in [5, 5.41) is 0.688. The fraction of sp³-hybridized carbons (Fsp3) is 0.296. The van der Waals surface area contributed by atoms with Gasteiger partial charge in [-0.2, -0.15) is 13.2 Å². The number of rotatable bonds is 8. The van der Waals surface area contributed by atoms with Gasteiger partial charge in [-0.15, -0.1) is 0 Å². The van der Waals surface area contributed by atoms with Crippen molar-refractivity contribution in [3.63, 3.8) is 0 Å². The van der Waals surface area contributed by atoms with Gasteiger partial charge in [0.15, 0.2) is 18.1 Å². The van der Waals surface area contributed by atoms with Gasteiger partial charge in [0, 0.05) is 11.6 Å². The number of benzene rings is 3. The second-order valence-corrected chi connectivity index (χ2v) is 9.30. The molecule has 4 rings (SSSR count). The van der Waals surface area contributed by atoms with Crippen molar-refractivity contribution in [3.05, 3.63) is 81.3 Å². The second kappa shape index (κ2) is 11.6. The largest absolute Gasteiger partial charge is 0.493 e. The number of methoxy groups -OCH3 is 2. The summed E-state index contributed by atoms with van der Waals surface area (Å²) in [7, 11) is 3.02. The van der Waals surface area contributed by atoms with Crippen molar-refractivity contribution in [3.8, 4) is 23.0 Å². The molecule has 1 aliphatic heterocycles. The van der Waals surface area contributed by atoms with Gasteiger partial charge in [-0.05, 0) is 66.1 Å². The predicted molar refractivity (Wildman–Crippen MR) is 137 cm³/mol. The number of hydrogen-bond acceptors (Lipinski definition) is 5. The molecule has 202 valence electrons. The molecular formula is C27H24Cl2F3NO5. The van der Waals surface area contributed by atoms with Crippen LogP contribution in [0, 0.1) is 0 Å². The summed E-state index contributed by atoms with van der Waals surface area (Å²) in [6.07, 6.45) is -3.99. The van der Waals surface area contributed by atoms with Crippen molar-refractivity contribution < 1.29 is 36.9 Å². The maximum Gasteiger partial charge on any atom is 0.416 e. The van der Waals surface area contributed by atoms with E-state index in [-0.39, 0.29) is 29.9 Å². The summed E-state index contributed by atoms with van der Waals surface area (Å²) in [6.45, 7) is -0.0864. The van der Waals surface area contributed by atoms with Crippen molar-refractivity contribution in [2.24, 2.45) is 0 Å². The fourth-order valence-electron chi connectivity index (χ4n) is 4.26. The van der Waals surface area contributed by atoms with Crippen LogP contribution in [0.15, 0.2) is 54.6 Å². The lowest BCUT2D eigenvalue weighted by Gasteiger charge is -2.37. The van der Waals surface area contributed by atoms with Gasteiger partial charge in [-0.3, -0.25) is 4.79 Å². The Kier molecular flexibility index (Phi) is 8.47. The van der Waals surface area contributed by atoms with Gasteiger partial charge in [-0.25, -0.2) is 0 Å². The molecule has 3 aromatic rings. The number of amides is 1. The Morgan fingerprint density at radius 1 is 0.974 bits per heavy atom. The van der Waals surface area contributed by atoms with Crippen LogP contribution >= 0.6 is 23.2 Å². The molecular weight excluding hydrogens is 546 g/mol. The lowest BCUT2D eigenvalue weighted by atomic mass is 9.92. The molecule has 0 fully saturated rings. The van der Waals surface area contributed by atoms with Crippen molar-refractivity contribution in [1.29, 1.82) is 0 Å². The molecule has 1 atom stereocenters. The Hall–Kier alpha value is -3.30. The number of carbonyl (C=O) groups excluding carboxylic acids is 1. The van der Waals surface area contributed by atoms with Gasteiger partial charge in [0.05, 0.1) is 30.8 Å². The van der Waals surface area contributed by atoms with Gasteiger partial charge < -0.3 is 23.8 Å². The average molecular weight is 570 g/mol. The summed E-state index contributed by atoms with van der Waals surface area (Å²) in [6, 6.07) is 12.2. The van der Waals surface area contributed by atoms with Gasteiger partial charge in [-0.1, -0.05) is 29.3 Å². The first-order valence-corrected chi connectivity index (χ1v) is 12.3. The zero-order valence-electron chi connectivity index (χ0n) is 20.5. The third-order valence-corrected chi connectivity index (χ3v) is 6.67. The van der Waals surface area contributed by atoms with E-state index < -0.39 is 17.8 Å². The predicted octanol–water partition coefficient (Wildman–Crippen LogP) is 6.61. The van der Waals surface area contributed by atoms with Crippen LogP contribution in [0.4, 0.5) is 13.2 Å². The third-order valence-electron chi connectivity index (χ3n) is 6.14. The molecule has 1 aliphatic rings. The Labute approximate surface area is 227 Å². The standard InChI is InChI=1S/C27H24Cl2F3NO5/c1-35-24-10-16-8-9-33(26(34)15-38-23-7-6-18(28)12-21(23)29)22(20(16)13-25(24)36-2)14-37-19-5-3-4-17(11-19)27(30,31)32/h3-7,10-13,22H,8-9,14-15H2,1-2H3. The Balaban J connectivity index is 1.61. The SMILES string of the molecule is COc1cc2c(cc1OC)C(COc1cccc(C(F)(F)F)c1)N(C(=O)COc1ccc(Cl)cc1Cl)CC2. The molecule has 1 unspecified atom stereocenters. The van der Waals surface area contributed by atoms with Gasteiger partial charge in [0.25, 0.3) is 5.91 Å². The summed E-state index contributed by atoms with van der Waals surface area (Å²) in [5.41, 5.74) is 0.816. The van der Waals surface area contributed by atoms with Crippen LogP contribution < -0.4 is 18.9 Å². The molecule has 0 radical (unpaired) electrons. The van der Waals surface area contributed by atoms with Crippen molar-refractivity contribution in [2.45, 2.75) is 18.6 Å². The second-order valence-electron chi connectivity index (χ2n) is 8.46. The van der Waals surface area contributed by atoms with E-state index in [9.17, 15) is 18.0 Å². The van der Waals surface area contributed by atoms with Crippen LogP contribution in [0.25, 0.3) is 0 Å². The van der Waals surface area contributed by atoms with E-state index in [1.165, 1.54) is 32.4 Å². The van der Waals surface area contributed by atoms with Gasteiger partial charge in [0.2, 0.25) is 0 Å². The lowest BCUT2D eigenvalue weighted by molar-refractivity contribution is -0.137. The van der Waals surface area contributed by atoms with Crippen LogP contribution in [0.1, 0.15) is 22.7 Å². The summed E-state index contributed by atoms with van der Waals surface area (Å²) in [5.74, 6) is 0.959. The van der Waals surface area contributed by atoms with E-state index in [2.05, 4.69) is 0 Å². The number of ether oxygens (including phenoxy) is 4. The van der Waals surface area contributed by atoms with E-state index in [0.717, 1.165) is 23.3 Å². The zero-order chi connectivity index (χ0) is 27.4. The molecule has 0 saturated heterocycles. The molecule has 0 spiro atoms. The highest BCUT2D eigenvalue weighted by Gasteiger charge is 2.34. The average Bonchev–Trinajstić information content (AvgIpc) is 2.89. The van der Waals surface area contributed by atoms with E-state index in [1.54, 1.807) is 23.1 Å². The normalized spacial score (nSPS) is 15.0. The monoisotopic (exact) mass is 569 g/mol. The summed E-state index contributed by atoms with van der Waals surface area (Å²) < 4.78 is 61.9. The zero-order valence-corrected chi connectivity index (χ0v) is 22.0. The Morgan fingerprint density at radius 3 is 2.39 bits per heavy atom. The number of alkyl halides is 3. The lowest BCUT2D eigenvalue weighted by Crippen LogP contribution is -2.44. The Morgan fingerprint density at radius 2 is 1.71 bits per heavy atom. The van der Waals surface area contributed by atoms with Crippen molar-refractivity contribution in [2.75, 3.05) is 34.0 Å². The van der Waals surface area contributed by atoms with Gasteiger partial charge >= 0.3 is 6.18 Å². The minimum absolute atomic E-state index is 0.0315. The first-order chi connectivity index (χ1) is 18.1. The molecule has 1 amide bonds. The maximum atomic E-state index is 13.3. The van der Waals surface area contributed by atoms with E-state index in [1.807, 2.05) is 6.07 Å². The first-order valence-electron chi connectivity index (χ1n) is 11.5. The van der Waals surface area contributed by atoms with Crippen LogP contribution in [-0.4, -0.2) is 44.8 Å². The maximum absolute atomic E-state index is 13.3. The number of fused-ring (bicyclic) bond motifs is 1. The molecule has 0 aliphatic carbocycles. The van der Waals surface area contributed by atoms with Crippen molar-refractivity contribution >= 4 is 29.1 Å². The van der Waals surface area contributed by atoms with E-state index in [4.69, 9.17) is 42.1 Å². The molecule has 3 aromatic carbocycles.